The molecule has 2 saturated heterocycles. The summed E-state index contributed by atoms with van der Waals surface area (Å²) in [6.07, 6.45) is 0.719. The summed E-state index contributed by atoms with van der Waals surface area (Å²) in [5.74, 6) is -1.64. The van der Waals surface area contributed by atoms with E-state index in [1.807, 2.05) is 0 Å². The van der Waals surface area contributed by atoms with Gasteiger partial charge in [-0.25, -0.2) is 9.69 Å². The standard InChI is InChI=1S/C17H19N3O5/c21-13(7-4-8-14(22)23)19-10-9-12-15(19)16(24)20(17(25)18-12)11-5-2-1-3-6-11/h1-3,5-6,12,15H,4,7-10H2,(H,18,25)(H,22,23). The summed E-state index contributed by atoms with van der Waals surface area (Å²) in [7, 11) is 0. The molecule has 1 aromatic carbocycles. The molecule has 8 nitrogen and oxygen atoms in total. The fraction of sp³-hybridized carbons (Fsp3) is 0.412. The minimum Gasteiger partial charge on any atom is -0.481 e. The van der Waals surface area contributed by atoms with Crippen molar-refractivity contribution in [2.45, 2.75) is 37.8 Å². The first-order valence-electron chi connectivity index (χ1n) is 8.20. The van der Waals surface area contributed by atoms with Crippen LogP contribution in [0.2, 0.25) is 0 Å². The Morgan fingerprint density at radius 2 is 1.88 bits per heavy atom. The van der Waals surface area contributed by atoms with Crippen molar-refractivity contribution in [3.63, 3.8) is 0 Å². The van der Waals surface area contributed by atoms with Crippen LogP contribution in [-0.4, -0.2) is 52.4 Å². The maximum absolute atomic E-state index is 12.9. The molecule has 0 saturated carbocycles. The molecule has 132 valence electrons. The lowest BCUT2D eigenvalue weighted by molar-refractivity contribution is -0.139. The molecule has 3 rings (SSSR count). The Morgan fingerprint density at radius 1 is 1.16 bits per heavy atom. The van der Waals surface area contributed by atoms with Gasteiger partial charge in [-0.1, -0.05) is 18.2 Å². The molecule has 2 fully saturated rings. The number of nitrogens with zero attached hydrogens (tertiary/aromatic N) is 2. The van der Waals surface area contributed by atoms with E-state index in [1.165, 1.54) is 4.90 Å². The molecule has 2 aliphatic heterocycles. The van der Waals surface area contributed by atoms with E-state index in [1.54, 1.807) is 30.3 Å². The van der Waals surface area contributed by atoms with Crippen LogP contribution in [-0.2, 0) is 14.4 Å². The Bertz CT molecular complexity index is 705. The number of carboxylic acid groups (broad SMARTS) is 1. The van der Waals surface area contributed by atoms with Crippen molar-refractivity contribution in [1.82, 2.24) is 10.2 Å². The van der Waals surface area contributed by atoms with Crippen LogP contribution in [0.4, 0.5) is 10.5 Å². The number of hydrogen-bond donors (Lipinski definition) is 2. The predicted octanol–water partition coefficient (Wildman–Crippen LogP) is 0.967. The molecular weight excluding hydrogens is 326 g/mol. The summed E-state index contributed by atoms with van der Waals surface area (Å²) in [6.45, 7) is 0.371. The van der Waals surface area contributed by atoms with Crippen LogP contribution in [0.25, 0.3) is 0 Å². The van der Waals surface area contributed by atoms with Gasteiger partial charge in [0.25, 0.3) is 5.91 Å². The van der Waals surface area contributed by atoms with Crippen molar-refractivity contribution < 1.29 is 24.3 Å². The fourth-order valence-electron chi connectivity index (χ4n) is 3.34. The van der Waals surface area contributed by atoms with Crippen LogP contribution in [0, 0.1) is 0 Å². The second kappa shape index (κ2) is 6.92. The quantitative estimate of drug-likeness (QED) is 0.827. The minimum atomic E-state index is -0.955. The number of fused-ring (bicyclic) bond motifs is 1. The van der Waals surface area contributed by atoms with Crippen LogP contribution in [0.3, 0.4) is 0 Å². The van der Waals surface area contributed by atoms with E-state index in [9.17, 15) is 19.2 Å². The van der Waals surface area contributed by atoms with E-state index in [4.69, 9.17) is 5.11 Å². The van der Waals surface area contributed by atoms with Crippen LogP contribution < -0.4 is 10.2 Å². The Balaban J connectivity index is 1.76. The van der Waals surface area contributed by atoms with E-state index in [-0.39, 0.29) is 25.2 Å². The molecule has 8 heteroatoms. The Morgan fingerprint density at radius 3 is 2.56 bits per heavy atom. The zero-order chi connectivity index (χ0) is 18.0. The summed E-state index contributed by atoms with van der Waals surface area (Å²) in [5, 5.41) is 11.5. The van der Waals surface area contributed by atoms with Gasteiger partial charge in [0.05, 0.1) is 11.7 Å². The molecule has 0 radical (unpaired) electrons. The normalized spacial score (nSPS) is 22.6. The molecule has 2 heterocycles. The number of aliphatic carboxylic acids is 1. The average Bonchev–Trinajstić information content (AvgIpc) is 2.99. The van der Waals surface area contributed by atoms with Gasteiger partial charge >= 0.3 is 12.0 Å². The van der Waals surface area contributed by atoms with Crippen molar-refractivity contribution in [1.29, 1.82) is 0 Å². The highest BCUT2D eigenvalue weighted by Gasteiger charge is 2.49. The lowest BCUT2D eigenvalue weighted by Gasteiger charge is -2.36. The average molecular weight is 345 g/mol. The van der Waals surface area contributed by atoms with Gasteiger partial charge in [0.1, 0.15) is 6.04 Å². The monoisotopic (exact) mass is 345 g/mol. The van der Waals surface area contributed by atoms with Gasteiger partial charge in [0, 0.05) is 19.4 Å². The van der Waals surface area contributed by atoms with Gasteiger partial charge in [0.2, 0.25) is 5.91 Å². The Hall–Kier alpha value is -2.90. The molecule has 0 bridgehead atoms. The summed E-state index contributed by atoms with van der Waals surface area (Å²) in [5.41, 5.74) is 0.452. The third-order valence-corrected chi connectivity index (χ3v) is 4.50. The first kappa shape index (κ1) is 16.9. The number of hydrogen-bond acceptors (Lipinski definition) is 4. The molecule has 2 atom stereocenters. The SMILES string of the molecule is O=C(O)CCCC(=O)N1CCC2NC(=O)N(c3ccccc3)C(=O)C21. The third-order valence-electron chi connectivity index (χ3n) is 4.50. The number of rotatable bonds is 5. The van der Waals surface area contributed by atoms with Crippen molar-refractivity contribution in [2.75, 3.05) is 11.4 Å². The van der Waals surface area contributed by atoms with Crippen molar-refractivity contribution in [2.24, 2.45) is 0 Å². The van der Waals surface area contributed by atoms with Gasteiger partial charge in [-0.15, -0.1) is 0 Å². The fourth-order valence-corrected chi connectivity index (χ4v) is 3.34. The molecular formula is C17H19N3O5. The number of para-hydroxylation sites is 1. The molecule has 4 amide bonds. The largest absolute Gasteiger partial charge is 0.481 e. The molecule has 25 heavy (non-hydrogen) atoms. The molecule has 2 unspecified atom stereocenters. The summed E-state index contributed by atoms with van der Waals surface area (Å²) in [6, 6.07) is 6.93. The number of nitrogens with one attached hydrogen (secondary N) is 1. The van der Waals surface area contributed by atoms with E-state index in [0.717, 1.165) is 4.90 Å². The first-order valence-corrected chi connectivity index (χ1v) is 8.20. The van der Waals surface area contributed by atoms with Gasteiger partial charge < -0.3 is 15.3 Å². The van der Waals surface area contributed by atoms with Crippen molar-refractivity contribution in [3.05, 3.63) is 30.3 Å². The number of amides is 4. The molecule has 0 aromatic heterocycles. The zero-order valence-corrected chi connectivity index (χ0v) is 13.6. The number of imide groups is 1. The van der Waals surface area contributed by atoms with Crippen LogP contribution >= 0.6 is 0 Å². The number of carbonyl (C=O) groups is 4. The van der Waals surface area contributed by atoms with E-state index in [2.05, 4.69) is 5.32 Å². The second-order valence-electron chi connectivity index (χ2n) is 6.13. The summed E-state index contributed by atoms with van der Waals surface area (Å²) in [4.78, 5) is 50.7. The Kier molecular flexibility index (Phi) is 4.69. The third kappa shape index (κ3) is 3.33. The lowest BCUT2D eigenvalue weighted by Crippen LogP contribution is -2.65. The minimum absolute atomic E-state index is 0.0715. The molecule has 2 aliphatic rings. The second-order valence-corrected chi connectivity index (χ2v) is 6.13. The summed E-state index contributed by atoms with van der Waals surface area (Å²) < 4.78 is 0. The number of carbonyl (C=O) groups excluding carboxylic acids is 3. The number of urea groups is 1. The highest BCUT2D eigenvalue weighted by atomic mass is 16.4. The maximum atomic E-state index is 12.9. The van der Waals surface area contributed by atoms with E-state index >= 15 is 0 Å². The van der Waals surface area contributed by atoms with Crippen molar-refractivity contribution >= 4 is 29.5 Å². The predicted molar refractivity (Wildman–Crippen MR) is 87.9 cm³/mol. The first-order chi connectivity index (χ1) is 12.0. The zero-order valence-electron chi connectivity index (χ0n) is 13.6. The highest BCUT2D eigenvalue weighted by molar-refractivity contribution is 6.19. The van der Waals surface area contributed by atoms with Gasteiger partial charge in [-0.2, -0.15) is 0 Å². The van der Waals surface area contributed by atoms with Crippen LogP contribution in [0.1, 0.15) is 25.7 Å². The number of benzene rings is 1. The van der Waals surface area contributed by atoms with Gasteiger partial charge in [-0.05, 0) is 25.0 Å². The topological polar surface area (TPSA) is 107 Å². The Labute approximate surface area is 144 Å². The van der Waals surface area contributed by atoms with Crippen LogP contribution in [0.5, 0.6) is 0 Å². The van der Waals surface area contributed by atoms with E-state index in [0.29, 0.717) is 18.7 Å². The van der Waals surface area contributed by atoms with Gasteiger partial charge in [0.15, 0.2) is 0 Å². The van der Waals surface area contributed by atoms with E-state index < -0.39 is 30.0 Å². The molecule has 0 spiro atoms. The van der Waals surface area contributed by atoms with Gasteiger partial charge in [-0.3, -0.25) is 14.4 Å². The summed E-state index contributed by atoms with van der Waals surface area (Å²) >= 11 is 0. The number of likely N-dealkylation sites (tertiary alicyclic amines) is 1. The lowest BCUT2D eigenvalue weighted by atomic mass is 10.0. The highest BCUT2D eigenvalue weighted by Crippen LogP contribution is 2.28. The van der Waals surface area contributed by atoms with Crippen LogP contribution in [0.15, 0.2) is 30.3 Å². The smallest absolute Gasteiger partial charge is 0.329 e. The number of anilines is 1. The number of carboxylic acids is 1. The van der Waals surface area contributed by atoms with Crippen molar-refractivity contribution in [3.8, 4) is 0 Å². The molecule has 1 aromatic rings. The molecule has 2 N–H and O–H groups in total. The molecule has 0 aliphatic carbocycles. The maximum Gasteiger partial charge on any atom is 0.329 e.